The standard InChI is InChI=1S/C25H34N6O.HI/c1-4-26-25(28-18-24-29-21-9-5-6-10-22(21)30(24)2)27-17-23(31-15-7-8-16-31)19-11-13-20(32-3)14-12-19;/h5-6,9-14,23H,4,7-8,15-18H2,1-3H3,(H2,26,27,28);1H. The van der Waals surface area contributed by atoms with Crippen molar-refractivity contribution in [3.05, 3.63) is 59.9 Å². The van der Waals surface area contributed by atoms with E-state index in [-0.39, 0.29) is 24.0 Å². The first-order valence-electron chi connectivity index (χ1n) is 11.5. The molecule has 0 amide bonds. The van der Waals surface area contributed by atoms with Gasteiger partial charge in [0.1, 0.15) is 18.1 Å². The van der Waals surface area contributed by atoms with Gasteiger partial charge in [0.05, 0.1) is 24.2 Å². The van der Waals surface area contributed by atoms with Crippen LogP contribution in [0.3, 0.4) is 0 Å². The van der Waals surface area contributed by atoms with Crippen molar-refractivity contribution in [2.45, 2.75) is 32.4 Å². The Hall–Kier alpha value is -2.33. The van der Waals surface area contributed by atoms with Gasteiger partial charge in [0.2, 0.25) is 0 Å². The first kappa shape index (κ1) is 25.3. The summed E-state index contributed by atoms with van der Waals surface area (Å²) in [5, 5.41) is 6.96. The third-order valence-electron chi connectivity index (χ3n) is 6.15. The van der Waals surface area contributed by atoms with Crippen molar-refractivity contribution >= 4 is 41.0 Å². The summed E-state index contributed by atoms with van der Waals surface area (Å²) in [6, 6.07) is 16.9. The molecule has 2 N–H and O–H groups in total. The highest BCUT2D eigenvalue weighted by molar-refractivity contribution is 14.0. The van der Waals surface area contributed by atoms with Crippen molar-refractivity contribution < 1.29 is 4.74 Å². The average Bonchev–Trinajstić information content (AvgIpc) is 3.47. The van der Waals surface area contributed by atoms with Gasteiger partial charge in [0, 0.05) is 20.1 Å². The number of hydrogen-bond acceptors (Lipinski definition) is 4. The molecule has 0 spiro atoms. The van der Waals surface area contributed by atoms with Gasteiger partial charge in [-0.05, 0) is 62.7 Å². The Morgan fingerprint density at radius 3 is 2.48 bits per heavy atom. The predicted octanol–water partition coefficient (Wildman–Crippen LogP) is 4.09. The number of aromatic nitrogens is 2. The fourth-order valence-electron chi connectivity index (χ4n) is 4.36. The van der Waals surface area contributed by atoms with Gasteiger partial charge >= 0.3 is 0 Å². The minimum absolute atomic E-state index is 0. The van der Waals surface area contributed by atoms with E-state index in [0.29, 0.717) is 12.6 Å². The Morgan fingerprint density at radius 1 is 1.09 bits per heavy atom. The molecule has 1 saturated heterocycles. The molecule has 2 heterocycles. The van der Waals surface area contributed by atoms with Crippen LogP contribution in [0.25, 0.3) is 11.0 Å². The zero-order chi connectivity index (χ0) is 22.3. The fourth-order valence-corrected chi connectivity index (χ4v) is 4.36. The van der Waals surface area contributed by atoms with Crippen LogP contribution in [0.2, 0.25) is 0 Å². The number of ether oxygens (including phenoxy) is 1. The fraction of sp³-hybridized carbons (Fsp3) is 0.440. The molecule has 1 fully saturated rings. The lowest BCUT2D eigenvalue weighted by Crippen LogP contribution is -2.42. The van der Waals surface area contributed by atoms with Crippen molar-refractivity contribution in [1.29, 1.82) is 0 Å². The van der Waals surface area contributed by atoms with E-state index >= 15 is 0 Å². The number of imidazole rings is 1. The molecule has 0 saturated carbocycles. The van der Waals surface area contributed by atoms with E-state index in [4.69, 9.17) is 14.7 Å². The van der Waals surface area contributed by atoms with Gasteiger partial charge in [0.15, 0.2) is 5.96 Å². The number of para-hydroxylation sites is 2. The van der Waals surface area contributed by atoms with Crippen LogP contribution < -0.4 is 15.4 Å². The van der Waals surface area contributed by atoms with Gasteiger partial charge in [-0.15, -0.1) is 24.0 Å². The van der Waals surface area contributed by atoms with E-state index in [9.17, 15) is 0 Å². The number of methoxy groups -OCH3 is 1. The van der Waals surface area contributed by atoms with E-state index in [1.54, 1.807) is 7.11 Å². The number of aryl methyl sites for hydroxylation is 1. The Morgan fingerprint density at radius 2 is 1.82 bits per heavy atom. The highest BCUT2D eigenvalue weighted by Gasteiger charge is 2.23. The number of nitrogens with zero attached hydrogens (tertiary/aromatic N) is 4. The van der Waals surface area contributed by atoms with Crippen LogP contribution in [0.4, 0.5) is 0 Å². The number of halogens is 1. The van der Waals surface area contributed by atoms with Crippen LogP contribution in [0.5, 0.6) is 5.75 Å². The molecular formula is C25H35IN6O. The molecular weight excluding hydrogens is 527 g/mol. The number of likely N-dealkylation sites (tertiary alicyclic amines) is 1. The third-order valence-corrected chi connectivity index (χ3v) is 6.15. The highest BCUT2D eigenvalue weighted by Crippen LogP contribution is 2.26. The van der Waals surface area contributed by atoms with Crippen LogP contribution in [0.1, 0.15) is 37.2 Å². The summed E-state index contributed by atoms with van der Waals surface area (Å²) >= 11 is 0. The third kappa shape index (κ3) is 6.17. The topological polar surface area (TPSA) is 66.7 Å². The molecule has 2 aromatic carbocycles. The number of benzene rings is 2. The second-order valence-electron chi connectivity index (χ2n) is 8.18. The molecule has 1 aliphatic heterocycles. The number of nitrogens with one attached hydrogen (secondary N) is 2. The van der Waals surface area contributed by atoms with E-state index in [0.717, 1.165) is 54.7 Å². The Balaban J connectivity index is 0.00000306. The van der Waals surface area contributed by atoms with Crippen molar-refractivity contribution in [2.75, 3.05) is 33.3 Å². The minimum atomic E-state index is 0. The average molecular weight is 563 g/mol. The molecule has 3 aromatic rings. The Labute approximate surface area is 213 Å². The maximum absolute atomic E-state index is 5.34. The van der Waals surface area contributed by atoms with Crippen LogP contribution in [0, 0.1) is 0 Å². The first-order valence-corrected chi connectivity index (χ1v) is 11.5. The molecule has 0 radical (unpaired) electrons. The number of fused-ring (bicyclic) bond motifs is 1. The van der Waals surface area contributed by atoms with Crippen molar-refractivity contribution in [3.63, 3.8) is 0 Å². The zero-order valence-corrected chi connectivity index (χ0v) is 22.1. The van der Waals surface area contributed by atoms with E-state index in [2.05, 4.69) is 45.2 Å². The number of hydrogen-bond donors (Lipinski definition) is 2. The second kappa shape index (κ2) is 12.2. The van der Waals surface area contributed by atoms with Gasteiger partial charge in [-0.3, -0.25) is 4.90 Å². The summed E-state index contributed by atoms with van der Waals surface area (Å²) < 4.78 is 7.46. The normalized spacial score (nSPS) is 15.3. The molecule has 33 heavy (non-hydrogen) atoms. The molecule has 0 aliphatic carbocycles. The molecule has 1 aromatic heterocycles. The molecule has 7 nitrogen and oxygen atoms in total. The summed E-state index contributed by atoms with van der Waals surface area (Å²) in [5.41, 5.74) is 3.43. The first-order chi connectivity index (χ1) is 15.7. The molecule has 4 rings (SSSR count). The van der Waals surface area contributed by atoms with Crippen LogP contribution in [-0.4, -0.2) is 53.7 Å². The summed E-state index contributed by atoms with van der Waals surface area (Å²) in [5.74, 6) is 2.66. The van der Waals surface area contributed by atoms with Crippen LogP contribution in [0.15, 0.2) is 53.5 Å². The molecule has 1 unspecified atom stereocenters. The smallest absolute Gasteiger partial charge is 0.191 e. The monoisotopic (exact) mass is 562 g/mol. The number of aliphatic imine (C=N–C) groups is 1. The zero-order valence-electron chi connectivity index (χ0n) is 19.8. The maximum Gasteiger partial charge on any atom is 0.191 e. The van der Waals surface area contributed by atoms with Gasteiger partial charge in [0.25, 0.3) is 0 Å². The van der Waals surface area contributed by atoms with Gasteiger partial charge in [-0.1, -0.05) is 24.3 Å². The maximum atomic E-state index is 5.34. The molecule has 1 atom stereocenters. The molecule has 0 bridgehead atoms. The summed E-state index contributed by atoms with van der Waals surface area (Å²) in [7, 11) is 3.76. The van der Waals surface area contributed by atoms with Crippen LogP contribution in [-0.2, 0) is 13.6 Å². The quantitative estimate of drug-likeness (QED) is 0.246. The van der Waals surface area contributed by atoms with Gasteiger partial charge in [-0.2, -0.15) is 0 Å². The Kier molecular flexibility index (Phi) is 9.37. The lowest BCUT2D eigenvalue weighted by Gasteiger charge is -2.29. The van der Waals surface area contributed by atoms with Gasteiger partial charge in [-0.25, -0.2) is 9.98 Å². The van der Waals surface area contributed by atoms with Crippen LogP contribution >= 0.6 is 24.0 Å². The van der Waals surface area contributed by atoms with Crippen molar-refractivity contribution in [2.24, 2.45) is 12.0 Å². The molecule has 8 heteroatoms. The Bertz CT molecular complexity index is 1040. The largest absolute Gasteiger partial charge is 0.497 e. The summed E-state index contributed by atoms with van der Waals surface area (Å²) in [4.78, 5) is 12.1. The lowest BCUT2D eigenvalue weighted by atomic mass is 10.1. The van der Waals surface area contributed by atoms with Gasteiger partial charge < -0.3 is 19.9 Å². The number of guanidine groups is 1. The van der Waals surface area contributed by atoms with Crippen molar-refractivity contribution in [3.8, 4) is 5.75 Å². The predicted molar refractivity (Wildman–Crippen MR) is 145 cm³/mol. The highest BCUT2D eigenvalue weighted by atomic mass is 127. The van der Waals surface area contributed by atoms with E-state index in [1.165, 1.54) is 18.4 Å². The lowest BCUT2D eigenvalue weighted by molar-refractivity contribution is 0.245. The number of rotatable bonds is 8. The van der Waals surface area contributed by atoms with E-state index < -0.39 is 0 Å². The molecule has 178 valence electrons. The van der Waals surface area contributed by atoms with Crippen molar-refractivity contribution in [1.82, 2.24) is 25.1 Å². The summed E-state index contributed by atoms with van der Waals surface area (Å²) in [6.45, 7) is 6.48. The molecule has 1 aliphatic rings. The summed E-state index contributed by atoms with van der Waals surface area (Å²) in [6.07, 6.45) is 2.51. The minimum Gasteiger partial charge on any atom is -0.497 e. The van der Waals surface area contributed by atoms with E-state index in [1.807, 2.05) is 37.4 Å². The SMILES string of the molecule is CCNC(=NCc1nc2ccccc2n1C)NCC(c1ccc(OC)cc1)N1CCCC1.I. The second-order valence-corrected chi connectivity index (χ2v) is 8.18.